The smallest absolute Gasteiger partial charge is 0.309 e. The SMILES string of the molecule is COC(=O)C1CCCCC1C(=O)OCCO. The lowest BCUT2D eigenvalue weighted by atomic mass is 9.79. The van der Waals surface area contributed by atoms with Crippen LogP contribution in [0.1, 0.15) is 25.7 Å². The maximum Gasteiger partial charge on any atom is 0.309 e. The van der Waals surface area contributed by atoms with Gasteiger partial charge in [0.1, 0.15) is 6.61 Å². The van der Waals surface area contributed by atoms with E-state index in [4.69, 9.17) is 9.84 Å². The second kappa shape index (κ2) is 6.48. The van der Waals surface area contributed by atoms with Crippen LogP contribution in [0, 0.1) is 11.8 Å². The zero-order chi connectivity index (χ0) is 12.0. The van der Waals surface area contributed by atoms with E-state index in [2.05, 4.69) is 4.74 Å². The van der Waals surface area contributed by atoms with Gasteiger partial charge in [-0.1, -0.05) is 12.8 Å². The molecule has 92 valence electrons. The molecule has 2 atom stereocenters. The molecule has 0 saturated heterocycles. The van der Waals surface area contributed by atoms with E-state index in [1.54, 1.807) is 0 Å². The molecule has 1 saturated carbocycles. The van der Waals surface area contributed by atoms with Gasteiger partial charge in [0, 0.05) is 0 Å². The predicted molar refractivity (Wildman–Crippen MR) is 55.5 cm³/mol. The molecule has 1 fully saturated rings. The summed E-state index contributed by atoms with van der Waals surface area (Å²) >= 11 is 0. The standard InChI is InChI=1S/C11H18O5/c1-15-10(13)8-4-2-3-5-9(8)11(14)16-7-6-12/h8-9,12H,2-7H2,1H3. The van der Waals surface area contributed by atoms with Gasteiger partial charge < -0.3 is 14.6 Å². The fourth-order valence-corrected chi connectivity index (χ4v) is 2.10. The van der Waals surface area contributed by atoms with Crippen LogP contribution in [0.5, 0.6) is 0 Å². The summed E-state index contributed by atoms with van der Waals surface area (Å²) in [6.45, 7) is -0.204. The van der Waals surface area contributed by atoms with Crippen molar-refractivity contribution < 1.29 is 24.2 Å². The molecule has 1 aliphatic rings. The zero-order valence-corrected chi connectivity index (χ0v) is 9.48. The highest BCUT2D eigenvalue weighted by molar-refractivity contribution is 5.82. The maximum absolute atomic E-state index is 11.6. The van der Waals surface area contributed by atoms with Crippen LogP contribution in [0.4, 0.5) is 0 Å². The first-order chi connectivity index (χ1) is 7.70. The average Bonchev–Trinajstić information content (AvgIpc) is 2.35. The van der Waals surface area contributed by atoms with Gasteiger partial charge >= 0.3 is 11.9 Å². The van der Waals surface area contributed by atoms with E-state index in [0.717, 1.165) is 12.8 Å². The van der Waals surface area contributed by atoms with E-state index in [9.17, 15) is 9.59 Å². The van der Waals surface area contributed by atoms with Crippen LogP contribution in [0.15, 0.2) is 0 Å². The highest BCUT2D eigenvalue weighted by atomic mass is 16.5. The van der Waals surface area contributed by atoms with Crippen molar-refractivity contribution in [2.75, 3.05) is 20.3 Å². The van der Waals surface area contributed by atoms with E-state index in [-0.39, 0.29) is 25.1 Å². The molecule has 16 heavy (non-hydrogen) atoms. The number of carbonyl (C=O) groups excluding carboxylic acids is 2. The van der Waals surface area contributed by atoms with Gasteiger partial charge in [0.25, 0.3) is 0 Å². The van der Waals surface area contributed by atoms with Gasteiger partial charge in [-0.15, -0.1) is 0 Å². The van der Waals surface area contributed by atoms with E-state index < -0.39 is 11.9 Å². The molecule has 0 aromatic rings. The molecular formula is C11H18O5. The molecule has 0 heterocycles. The lowest BCUT2D eigenvalue weighted by Gasteiger charge is -2.27. The number of esters is 2. The Labute approximate surface area is 94.7 Å². The fourth-order valence-electron chi connectivity index (χ4n) is 2.10. The van der Waals surface area contributed by atoms with Crippen LogP contribution in [-0.2, 0) is 19.1 Å². The molecule has 1 rings (SSSR count). The molecule has 0 aliphatic heterocycles. The quantitative estimate of drug-likeness (QED) is 0.712. The summed E-state index contributed by atoms with van der Waals surface area (Å²) in [5.74, 6) is -1.53. The number of ether oxygens (including phenoxy) is 2. The molecule has 0 radical (unpaired) electrons. The third kappa shape index (κ3) is 3.20. The van der Waals surface area contributed by atoms with Crippen LogP contribution in [0.3, 0.4) is 0 Å². The summed E-state index contributed by atoms with van der Waals surface area (Å²) in [7, 11) is 1.33. The minimum Gasteiger partial charge on any atom is -0.469 e. The number of carbonyl (C=O) groups is 2. The van der Waals surface area contributed by atoms with Crippen molar-refractivity contribution in [1.29, 1.82) is 0 Å². The van der Waals surface area contributed by atoms with E-state index in [1.807, 2.05) is 0 Å². The Hall–Kier alpha value is -1.10. The normalized spacial score (nSPS) is 24.9. The minimum atomic E-state index is -0.409. The lowest BCUT2D eigenvalue weighted by molar-refractivity contribution is -0.161. The van der Waals surface area contributed by atoms with Crippen molar-refractivity contribution in [2.24, 2.45) is 11.8 Å². The van der Waals surface area contributed by atoms with Crippen LogP contribution in [-0.4, -0.2) is 37.4 Å². The zero-order valence-electron chi connectivity index (χ0n) is 9.48. The first-order valence-electron chi connectivity index (χ1n) is 5.56. The molecule has 0 amide bonds. The summed E-state index contributed by atoms with van der Waals surface area (Å²) in [6.07, 6.45) is 3.19. The van der Waals surface area contributed by atoms with Gasteiger partial charge in [0.05, 0.1) is 25.6 Å². The molecule has 1 aliphatic carbocycles. The first kappa shape index (κ1) is 13.0. The number of methoxy groups -OCH3 is 1. The largest absolute Gasteiger partial charge is 0.469 e. The Morgan fingerprint density at radius 3 is 2.25 bits per heavy atom. The van der Waals surface area contributed by atoms with E-state index in [1.165, 1.54) is 7.11 Å². The van der Waals surface area contributed by atoms with Gasteiger partial charge in [0.15, 0.2) is 0 Å². The average molecular weight is 230 g/mol. The fraction of sp³-hybridized carbons (Fsp3) is 0.818. The Balaban J connectivity index is 2.59. The monoisotopic (exact) mass is 230 g/mol. The van der Waals surface area contributed by atoms with Crippen molar-refractivity contribution in [3.05, 3.63) is 0 Å². The second-order valence-corrected chi connectivity index (χ2v) is 3.91. The van der Waals surface area contributed by atoms with Crippen LogP contribution in [0.2, 0.25) is 0 Å². The van der Waals surface area contributed by atoms with Crippen molar-refractivity contribution in [3.8, 4) is 0 Å². The van der Waals surface area contributed by atoms with Crippen molar-refractivity contribution in [3.63, 3.8) is 0 Å². The molecule has 5 heteroatoms. The number of aliphatic hydroxyl groups is 1. The van der Waals surface area contributed by atoms with Crippen molar-refractivity contribution in [1.82, 2.24) is 0 Å². The summed E-state index contributed by atoms with van der Waals surface area (Å²) < 4.78 is 9.54. The second-order valence-electron chi connectivity index (χ2n) is 3.91. The third-order valence-corrected chi connectivity index (χ3v) is 2.91. The van der Waals surface area contributed by atoms with Crippen molar-refractivity contribution >= 4 is 11.9 Å². The molecule has 5 nitrogen and oxygen atoms in total. The molecule has 0 spiro atoms. The van der Waals surface area contributed by atoms with Gasteiger partial charge in [-0.25, -0.2) is 0 Å². The third-order valence-electron chi connectivity index (χ3n) is 2.91. The predicted octanol–water partition coefficient (Wildman–Crippen LogP) is 0.501. The molecule has 2 unspecified atom stereocenters. The summed E-state index contributed by atoms with van der Waals surface area (Å²) in [6, 6.07) is 0. The van der Waals surface area contributed by atoms with Gasteiger partial charge in [-0.05, 0) is 12.8 Å². The molecule has 0 aromatic heterocycles. The molecular weight excluding hydrogens is 212 g/mol. The van der Waals surface area contributed by atoms with E-state index >= 15 is 0 Å². The summed E-state index contributed by atoms with van der Waals surface area (Å²) in [4.78, 5) is 23.1. The Morgan fingerprint density at radius 2 is 1.75 bits per heavy atom. The molecule has 1 N–H and O–H groups in total. The Bertz CT molecular complexity index is 251. The number of hydrogen-bond acceptors (Lipinski definition) is 5. The summed E-state index contributed by atoms with van der Waals surface area (Å²) in [5, 5.41) is 8.57. The summed E-state index contributed by atoms with van der Waals surface area (Å²) in [5.41, 5.74) is 0. The first-order valence-corrected chi connectivity index (χ1v) is 5.56. The van der Waals surface area contributed by atoms with Crippen LogP contribution in [0.25, 0.3) is 0 Å². The Kier molecular flexibility index (Phi) is 5.25. The number of hydrogen-bond donors (Lipinski definition) is 1. The minimum absolute atomic E-state index is 0.0107. The highest BCUT2D eigenvalue weighted by Crippen LogP contribution is 2.31. The van der Waals surface area contributed by atoms with Gasteiger partial charge in [-0.2, -0.15) is 0 Å². The van der Waals surface area contributed by atoms with E-state index in [0.29, 0.717) is 12.8 Å². The number of rotatable bonds is 4. The highest BCUT2D eigenvalue weighted by Gasteiger charge is 2.37. The van der Waals surface area contributed by atoms with Crippen LogP contribution >= 0.6 is 0 Å². The van der Waals surface area contributed by atoms with Gasteiger partial charge in [0.2, 0.25) is 0 Å². The molecule has 0 bridgehead atoms. The Morgan fingerprint density at radius 1 is 1.19 bits per heavy atom. The van der Waals surface area contributed by atoms with Gasteiger partial charge in [-0.3, -0.25) is 9.59 Å². The number of aliphatic hydroxyl groups excluding tert-OH is 1. The maximum atomic E-state index is 11.6. The molecule has 0 aromatic carbocycles. The van der Waals surface area contributed by atoms with Crippen molar-refractivity contribution in [2.45, 2.75) is 25.7 Å². The topological polar surface area (TPSA) is 72.8 Å². The lowest BCUT2D eigenvalue weighted by Crippen LogP contribution is -2.34. The van der Waals surface area contributed by atoms with Crippen LogP contribution < -0.4 is 0 Å².